The van der Waals surface area contributed by atoms with Gasteiger partial charge in [0, 0.05) is 6.04 Å². The Kier molecular flexibility index (Phi) is 6.27. The number of urea groups is 1. The first-order chi connectivity index (χ1) is 9.40. The molecule has 0 radical (unpaired) electrons. The predicted molar refractivity (Wildman–Crippen MR) is 72.9 cm³/mol. The Morgan fingerprint density at radius 3 is 2.30 bits per heavy atom. The first-order valence-electron chi connectivity index (χ1n) is 6.98. The fourth-order valence-electron chi connectivity index (χ4n) is 2.56. The number of hydrogen-bond acceptors (Lipinski definition) is 3. The van der Waals surface area contributed by atoms with Crippen LogP contribution >= 0.6 is 0 Å². The molecular formula is C13H23N3O4. The lowest BCUT2D eigenvalue weighted by molar-refractivity contribution is -0.140. The van der Waals surface area contributed by atoms with E-state index in [4.69, 9.17) is 10.8 Å². The number of primary amides is 1. The van der Waals surface area contributed by atoms with Gasteiger partial charge in [-0.25, -0.2) is 9.59 Å². The molecule has 0 heterocycles. The molecule has 0 spiro atoms. The molecule has 114 valence electrons. The van der Waals surface area contributed by atoms with Crippen LogP contribution in [0.3, 0.4) is 0 Å². The summed E-state index contributed by atoms with van der Waals surface area (Å²) in [5, 5.41) is 13.9. The second kappa shape index (κ2) is 7.72. The van der Waals surface area contributed by atoms with Crippen LogP contribution in [0.15, 0.2) is 0 Å². The smallest absolute Gasteiger partial charge is 0.326 e. The van der Waals surface area contributed by atoms with Gasteiger partial charge in [0.1, 0.15) is 6.04 Å². The summed E-state index contributed by atoms with van der Waals surface area (Å²) in [4.78, 5) is 33.4. The van der Waals surface area contributed by atoms with Gasteiger partial charge in [0.25, 0.3) is 0 Å². The quantitative estimate of drug-likeness (QED) is 0.570. The third-order valence-corrected chi connectivity index (χ3v) is 3.72. The number of carboxylic acid groups (broad SMARTS) is 1. The molecule has 0 saturated heterocycles. The third-order valence-electron chi connectivity index (χ3n) is 3.72. The average Bonchev–Trinajstić information content (AvgIpc) is 2.38. The Labute approximate surface area is 118 Å². The van der Waals surface area contributed by atoms with Gasteiger partial charge in [-0.2, -0.15) is 0 Å². The number of nitrogens with two attached hydrogens (primary N) is 1. The first kappa shape index (κ1) is 16.3. The van der Waals surface area contributed by atoms with Crippen molar-refractivity contribution in [2.24, 2.45) is 11.7 Å². The van der Waals surface area contributed by atoms with E-state index in [2.05, 4.69) is 10.6 Å². The van der Waals surface area contributed by atoms with Gasteiger partial charge in [0.2, 0.25) is 5.91 Å². The number of carboxylic acids is 1. The highest BCUT2D eigenvalue weighted by atomic mass is 16.4. The van der Waals surface area contributed by atoms with Crippen LogP contribution in [0, 0.1) is 5.92 Å². The number of aliphatic carboxylic acids is 1. The van der Waals surface area contributed by atoms with E-state index >= 15 is 0 Å². The summed E-state index contributed by atoms with van der Waals surface area (Å²) in [6, 6.07) is -1.87. The highest BCUT2D eigenvalue weighted by molar-refractivity contribution is 5.87. The molecule has 3 amide bonds. The summed E-state index contributed by atoms with van der Waals surface area (Å²) in [7, 11) is 0. The topological polar surface area (TPSA) is 122 Å². The highest BCUT2D eigenvalue weighted by Gasteiger charge is 2.25. The SMILES string of the molecule is CC(NC(=O)N[C@H](CC(N)=O)C(=O)O)C1CCCCC1. The van der Waals surface area contributed by atoms with Gasteiger partial charge in [-0.15, -0.1) is 0 Å². The second-order valence-corrected chi connectivity index (χ2v) is 5.37. The molecule has 0 bridgehead atoms. The van der Waals surface area contributed by atoms with Crippen molar-refractivity contribution < 1.29 is 19.5 Å². The zero-order valence-corrected chi connectivity index (χ0v) is 11.7. The van der Waals surface area contributed by atoms with Crippen LogP contribution in [0.25, 0.3) is 0 Å². The van der Waals surface area contributed by atoms with E-state index in [9.17, 15) is 14.4 Å². The molecule has 1 fully saturated rings. The monoisotopic (exact) mass is 285 g/mol. The minimum absolute atomic E-state index is 0.0154. The maximum Gasteiger partial charge on any atom is 0.326 e. The molecule has 1 rings (SSSR count). The molecule has 5 N–H and O–H groups in total. The summed E-state index contributed by atoms with van der Waals surface area (Å²) >= 11 is 0. The summed E-state index contributed by atoms with van der Waals surface area (Å²) in [6.07, 6.45) is 5.29. The van der Waals surface area contributed by atoms with Crippen molar-refractivity contribution in [3.63, 3.8) is 0 Å². The minimum atomic E-state index is -1.29. The van der Waals surface area contributed by atoms with Crippen LogP contribution in [0.1, 0.15) is 45.4 Å². The number of rotatable bonds is 6. The van der Waals surface area contributed by atoms with Gasteiger partial charge >= 0.3 is 12.0 Å². The molecule has 1 aliphatic rings. The number of carbonyl (C=O) groups excluding carboxylic acids is 2. The summed E-state index contributed by atoms with van der Waals surface area (Å²) in [5.74, 6) is -1.61. The van der Waals surface area contributed by atoms with Crippen LogP contribution in [0.4, 0.5) is 4.79 Å². The molecule has 2 atom stereocenters. The Hall–Kier alpha value is -1.79. The van der Waals surface area contributed by atoms with E-state index in [-0.39, 0.29) is 6.04 Å². The lowest BCUT2D eigenvalue weighted by atomic mass is 9.85. The van der Waals surface area contributed by atoms with Crippen molar-refractivity contribution in [2.75, 3.05) is 0 Å². The maximum absolute atomic E-state index is 11.8. The Balaban J connectivity index is 2.43. The Morgan fingerprint density at radius 2 is 1.80 bits per heavy atom. The lowest BCUT2D eigenvalue weighted by Gasteiger charge is -2.28. The van der Waals surface area contributed by atoms with Crippen LogP contribution in [-0.2, 0) is 9.59 Å². The maximum atomic E-state index is 11.8. The largest absolute Gasteiger partial charge is 0.480 e. The fourth-order valence-corrected chi connectivity index (χ4v) is 2.56. The van der Waals surface area contributed by atoms with E-state index in [0.29, 0.717) is 5.92 Å². The predicted octanol–water partition coefficient (Wildman–Crippen LogP) is 0.583. The molecule has 1 aliphatic carbocycles. The van der Waals surface area contributed by atoms with Gasteiger partial charge in [-0.3, -0.25) is 4.79 Å². The minimum Gasteiger partial charge on any atom is -0.480 e. The molecule has 20 heavy (non-hydrogen) atoms. The Bertz CT molecular complexity index is 367. The number of amides is 3. The molecule has 0 aliphatic heterocycles. The fraction of sp³-hybridized carbons (Fsp3) is 0.769. The molecule has 0 aromatic heterocycles. The molecule has 1 unspecified atom stereocenters. The van der Waals surface area contributed by atoms with Crippen molar-refractivity contribution >= 4 is 17.9 Å². The van der Waals surface area contributed by atoms with Crippen molar-refractivity contribution in [1.82, 2.24) is 10.6 Å². The van der Waals surface area contributed by atoms with Crippen LogP contribution in [0.2, 0.25) is 0 Å². The standard InChI is InChI=1S/C13H23N3O4/c1-8(9-5-3-2-4-6-9)15-13(20)16-10(12(18)19)7-11(14)17/h8-10H,2-7H2,1H3,(H2,14,17)(H,18,19)(H2,15,16,20)/t8?,10-/m1/s1. The summed E-state index contributed by atoms with van der Waals surface area (Å²) in [5.41, 5.74) is 4.95. The molecule has 0 aromatic rings. The lowest BCUT2D eigenvalue weighted by Crippen LogP contribution is -2.51. The number of carbonyl (C=O) groups is 3. The molecule has 1 saturated carbocycles. The van der Waals surface area contributed by atoms with Crippen LogP contribution in [0.5, 0.6) is 0 Å². The zero-order valence-electron chi connectivity index (χ0n) is 11.7. The number of nitrogens with one attached hydrogen (secondary N) is 2. The molecule has 7 nitrogen and oxygen atoms in total. The van der Waals surface area contributed by atoms with E-state index in [1.807, 2.05) is 6.92 Å². The van der Waals surface area contributed by atoms with E-state index in [1.165, 1.54) is 6.42 Å². The first-order valence-corrected chi connectivity index (χ1v) is 6.98. The van der Waals surface area contributed by atoms with E-state index in [0.717, 1.165) is 25.7 Å². The van der Waals surface area contributed by atoms with Crippen LogP contribution in [-0.4, -0.2) is 35.1 Å². The molecule has 0 aromatic carbocycles. The van der Waals surface area contributed by atoms with Gasteiger partial charge in [0.15, 0.2) is 0 Å². The normalized spacial score (nSPS) is 18.9. The van der Waals surface area contributed by atoms with Crippen molar-refractivity contribution in [2.45, 2.75) is 57.5 Å². The van der Waals surface area contributed by atoms with Crippen molar-refractivity contribution in [1.29, 1.82) is 0 Å². The number of hydrogen-bond donors (Lipinski definition) is 4. The van der Waals surface area contributed by atoms with Crippen molar-refractivity contribution in [3.8, 4) is 0 Å². The van der Waals surface area contributed by atoms with E-state index in [1.54, 1.807) is 0 Å². The summed E-state index contributed by atoms with van der Waals surface area (Å²) < 4.78 is 0. The van der Waals surface area contributed by atoms with Gasteiger partial charge in [-0.1, -0.05) is 19.3 Å². The average molecular weight is 285 g/mol. The Morgan fingerprint density at radius 1 is 1.20 bits per heavy atom. The molecular weight excluding hydrogens is 262 g/mol. The van der Waals surface area contributed by atoms with E-state index < -0.39 is 30.4 Å². The third kappa shape index (κ3) is 5.46. The van der Waals surface area contributed by atoms with Crippen LogP contribution < -0.4 is 16.4 Å². The van der Waals surface area contributed by atoms with Gasteiger partial charge < -0.3 is 21.5 Å². The van der Waals surface area contributed by atoms with Gasteiger partial charge in [-0.05, 0) is 25.7 Å². The second-order valence-electron chi connectivity index (χ2n) is 5.37. The molecule has 7 heteroatoms. The highest BCUT2D eigenvalue weighted by Crippen LogP contribution is 2.26. The summed E-state index contributed by atoms with van der Waals surface area (Å²) in [6.45, 7) is 1.92. The van der Waals surface area contributed by atoms with Gasteiger partial charge in [0.05, 0.1) is 6.42 Å². The zero-order chi connectivity index (χ0) is 15.1. The van der Waals surface area contributed by atoms with Crippen molar-refractivity contribution in [3.05, 3.63) is 0 Å².